The molecule has 0 aromatic heterocycles. The van der Waals surface area contributed by atoms with Crippen molar-refractivity contribution < 1.29 is 14.3 Å². The SMILES string of the molecule is COc1ccc(CNC(=O)CSc2cc(Cl)ccc2Cl)cc1OC. The van der Waals surface area contributed by atoms with Crippen molar-refractivity contribution in [2.45, 2.75) is 11.4 Å². The molecule has 1 amide bonds. The maximum atomic E-state index is 12.0. The zero-order valence-corrected chi connectivity index (χ0v) is 15.6. The Hall–Kier alpha value is -1.56. The number of carbonyl (C=O) groups excluding carboxylic acids is 1. The van der Waals surface area contributed by atoms with Crippen LogP contribution in [0.15, 0.2) is 41.3 Å². The number of methoxy groups -OCH3 is 2. The quantitative estimate of drug-likeness (QED) is 0.716. The molecule has 128 valence electrons. The lowest BCUT2D eigenvalue weighted by molar-refractivity contribution is -0.118. The Kier molecular flexibility index (Phi) is 7.09. The maximum absolute atomic E-state index is 12.0. The van der Waals surface area contributed by atoms with Crippen molar-refractivity contribution in [3.63, 3.8) is 0 Å². The first-order valence-electron chi connectivity index (χ1n) is 7.09. The van der Waals surface area contributed by atoms with E-state index in [0.717, 1.165) is 10.5 Å². The predicted octanol–water partition coefficient (Wildman–Crippen LogP) is 4.42. The minimum atomic E-state index is -0.0918. The minimum absolute atomic E-state index is 0.0918. The van der Waals surface area contributed by atoms with Crippen molar-refractivity contribution in [3.05, 3.63) is 52.0 Å². The molecule has 0 aliphatic heterocycles. The van der Waals surface area contributed by atoms with Crippen molar-refractivity contribution in [1.29, 1.82) is 0 Å². The fourth-order valence-electron chi connectivity index (χ4n) is 1.97. The number of amides is 1. The van der Waals surface area contributed by atoms with Gasteiger partial charge in [0.05, 0.1) is 25.0 Å². The summed E-state index contributed by atoms with van der Waals surface area (Å²) >= 11 is 13.4. The van der Waals surface area contributed by atoms with Crippen LogP contribution < -0.4 is 14.8 Å². The number of hydrogen-bond donors (Lipinski definition) is 1. The molecule has 4 nitrogen and oxygen atoms in total. The normalized spacial score (nSPS) is 10.3. The molecule has 7 heteroatoms. The van der Waals surface area contributed by atoms with Crippen LogP contribution in [0.2, 0.25) is 10.0 Å². The number of rotatable bonds is 7. The Labute approximate surface area is 155 Å². The molecule has 0 fully saturated rings. The van der Waals surface area contributed by atoms with Crippen LogP contribution in [0.3, 0.4) is 0 Å². The van der Waals surface area contributed by atoms with Gasteiger partial charge in [0.1, 0.15) is 0 Å². The van der Waals surface area contributed by atoms with E-state index in [-0.39, 0.29) is 11.7 Å². The average molecular weight is 386 g/mol. The van der Waals surface area contributed by atoms with Gasteiger partial charge in [0, 0.05) is 16.5 Å². The van der Waals surface area contributed by atoms with Crippen LogP contribution >= 0.6 is 35.0 Å². The predicted molar refractivity (Wildman–Crippen MR) is 98.6 cm³/mol. The highest BCUT2D eigenvalue weighted by Crippen LogP contribution is 2.30. The lowest BCUT2D eigenvalue weighted by Gasteiger charge is -2.10. The molecular formula is C17H17Cl2NO3S. The van der Waals surface area contributed by atoms with E-state index in [1.807, 2.05) is 12.1 Å². The van der Waals surface area contributed by atoms with Gasteiger partial charge in [0.15, 0.2) is 11.5 Å². The van der Waals surface area contributed by atoms with Crippen LogP contribution in [0.5, 0.6) is 11.5 Å². The molecule has 0 heterocycles. The van der Waals surface area contributed by atoms with Crippen LogP contribution in [0, 0.1) is 0 Å². The summed E-state index contributed by atoms with van der Waals surface area (Å²) in [6, 6.07) is 10.7. The summed E-state index contributed by atoms with van der Waals surface area (Å²) < 4.78 is 10.4. The summed E-state index contributed by atoms with van der Waals surface area (Å²) in [4.78, 5) is 12.8. The average Bonchev–Trinajstić information content (AvgIpc) is 2.60. The van der Waals surface area contributed by atoms with E-state index in [4.69, 9.17) is 32.7 Å². The highest BCUT2D eigenvalue weighted by molar-refractivity contribution is 8.00. The van der Waals surface area contributed by atoms with Crippen LogP contribution in [-0.4, -0.2) is 25.9 Å². The number of nitrogens with one attached hydrogen (secondary N) is 1. The van der Waals surface area contributed by atoms with Crippen molar-refractivity contribution >= 4 is 40.9 Å². The second-order valence-corrected chi connectivity index (χ2v) is 6.69. The number of thioether (sulfide) groups is 1. The zero-order chi connectivity index (χ0) is 17.5. The van der Waals surface area contributed by atoms with Crippen LogP contribution in [0.4, 0.5) is 0 Å². The molecule has 2 rings (SSSR count). The van der Waals surface area contributed by atoms with Gasteiger partial charge in [-0.15, -0.1) is 11.8 Å². The topological polar surface area (TPSA) is 47.6 Å². The standard InChI is InChI=1S/C17H17Cl2NO3S/c1-22-14-6-3-11(7-15(14)23-2)9-20-17(21)10-24-16-8-12(18)4-5-13(16)19/h3-8H,9-10H2,1-2H3,(H,20,21). The van der Waals surface area contributed by atoms with Crippen molar-refractivity contribution in [3.8, 4) is 11.5 Å². The van der Waals surface area contributed by atoms with Crippen LogP contribution in [0.25, 0.3) is 0 Å². The van der Waals surface area contributed by atoms with Crippen molar-refractivity contribution in [2.24, 2.45) is 0 Å². The first-order valence-corrected chi connectivity index (χ1v) is 8.83. The van der Waals surface area contributed by atoms with E-state index in [1.54, 1.807) is 38.5 Å². The fourth-order valence-corrected chi connectivity index (χ4v) is 3.30. The Morgan fingerprint density at radius 2 is 1.83 bits per heavy atom. The number of carbonyl (C=O) groups is 1. The summed E-state index contributed by atoms with van der Waals surface area (Å²) in [6.45, 7) is 0.406. The van der Waals surface area contributed by atoms with Crippen LogP contribution in [0.1, 0.15) is 5.56 Å². The molecule has 24 heavy (non-hydrogen) atoms. The van der Waals surface area contributed by atoms with E-state index in [0.29, 0.717) is 28.1 Å². The Bertz CT molecular complexity index is 725. The fraction of sp³-hybridized carbons (Fsp3) is 0.235. The zero-order valence-electron chi connectivity index (χ0n) is 13.3. The Balaban J connectivity index is 1.88. The lowest BCUT2D eigenvalue weighted by Crippen LogP contribution is -2.24. The molecule has 0 radical (unpaired) electrons. The van der Waals surface area contributed by atoms with Gasteiger partial charge >= 0.3 is 0 Å². The Morgan fingerprint density at radius 1 is 1.08 bits per heavy atom. The van der Waals surface area contributed by atoms with Gasteiger partial charge in [-0.1, -0.05) is 29.3 Å². The van der Waals surface area contributed by atoms with E-state index >= 15 is 0 Å². The maximum Gasteiger partial charge on any atom is 0.230 e. The number of hydrogen-bond acceptors (Lipinski definition) is 4. The molecule has 2 aromatic rings. The number of halogens is 2. The highest BCUT2D eigenvalue weighted by Gasteiger charge is 2.08. The minimum Gasteiger partial charge on any atom is -0.493 e. The van der Waals surface area contributed by atoms with Crippen molar-refractivity contribution in [2.75, 3.05) is 20.0 Å². The molecule has 0 unspecified atom stereocenters. The first kappa shape index (κ1) is 18.8. The van der Waals surface area contributed by atoms with Gasteiger partial charge in [0.2, 0.25) is 5.91 Å². The van der Waals surface area contributed by atoms with Gasteiger partial charge < -0.3 is 14.8 Å². The summed E-state index contributed by atoms with van der Waals surface area (Å²) in [7, 11) is 3.16. The molecular weight excluding hydrogens is 369 g/mol. The summed E-state index contributed by atoms with van der Waals surface area (Å²) in [5.41, 5.74) is 0.923. The third-order valence-electron chi connectivity index (χ3n) is 3.19. The number of ether oxygens (including phenoxy) is 2. The van der Waals surface area contributed by atoms with Gasteiger partial charge in [-0.05, 0) is 35.9 Å². The summed E-state index contributed by atoms with van der Waals surface area (Å²) in [5.74, 6) is 1.45. The molecule has 0 saturated heterocycles. The highest BCUT2D eigenvalue weighted by atomic mass is 35.5. The summed E-state index contributed by atoms with van der Waals surface area (Å²) in [5, 5.41) is 4.03. The van der Waals surface area contributed by atoms with Gasteiger partial charge in [-0.2, -0.15) is 0 Å². The molecule has 2 aromatic carbocycles. The molecule has 0 atom stereocenters. The largest absolute Gasteiger partial charge is 0.493 e. The second kappa shape index (κ2) is 9.06. The summed E-state index contributed by atoms with van der Waals surface area (Å²) in [6.07, 6.45) is 0. The molecule has 0 spiro atoms. The molecule has 0 bridgehead atoms. The smallest absolute Gasteiger partial charge is 0.230 e. The second-order valence-electron chi connectivity index (χ2n) is 4.83. The van der Waals surface area contributed by atoms with Gasteiger partial charge in [-0.3, -0.25) is 4.79 Å². The van der Waals surface area contributed by atoms with Crippen LogP contribution in [-0.2, 0) is 11.3 Å². The van der Waals surface area contributed by atoms with Crippen molar-refractivity contribution in [1.82, 2.24) is 5.32 Å². The van der Waals surface area contributed by atoms with Gasteiger partial charge in [0.25, 0.3) is 0 Å². The molecule has 0 aliphatic rings. The third-order valence-corrected chi connectivity index (χ3v) is 4.92. The molecule has 0 saturated carbocycles. The first-order chi connectivity index (χ1) is 11.5. The molecule has 0 aliphatic carbocycles. The van der Waals surface area contributed by atoms with E-state index in [2.05, 4.69) is 5.32 Å². The molecule has 1 N–H and O–H groups in total. The van der Waals surface area contributed by atoms with E-state index in [9.17, 15) is 4.79 Å². The van der Waals surface area contributed by atoms with Gasteiger partial charge in [-0.25, -0.2) is 0 Å². The lowest BCUT2D eigenvalue weighted by atomic mass is 10.2. The third kappa shape index (κ3) is 5.23. The van der Waals surface area contributed by atoms with E-state index in [1.165, 1.54) is 11.8 Å². The Morgan fingerprint density at radius 3 is 2.54 bits per heavy atom. The van der Waals surface area contributed by atoms with E-state index < -0.39 is 0 Å². The number of benzene rings is 2. The monoisotopic (exact) mass is 385 g/mol.